The number of hydrogen-bond acceptors (Lipinski definition) is 4. The van der Waals surface area contributed by atoms with Crippen molar-refractivity contribution in [2.75, 3.05) is 6.54 Å². The molecule has 0 radical (unpaired) electrons. The van der Waals surface area contributed by atoms with Gasteiger partial charge in [-0.05, 0) is 13.3 Å². The first-order valence-corrected chi connectivity index (χ1v) is 5.80. The summed E-state index contributed by atoms with van der Waals surface area (Å²) in [4.78, 5) is 19.3. The van der Waals surface area contributed by atoms with Crippen LogP contribution in [0.3, 0.4) is 0 Å². The Bertz CT molecular complexity index is 396. The van der Waals surface area contributed by atoms with Gasteiger partial charge in [-0.15, -0.1) is 0 Å². The number of carbonyl (C=O) groups is 1. The van der Waals surface area contributed by atoms with Crippen molar-refractivity contribution >= 4 is 17.5 Å². The predicted octanol–water partition coefficient (Wildman–Crippen LogP) is 1.41. The quantitative estimate of drug-likeness (QED) is 0.836. The summed E-state index contributed by atoms with van der Waals surface area (Å²) in [6, 6.07) is 0. The summed E-state index contributed by atoms with van der Waals surface area (Å²) in [5, 5.41) is 12.7. The third-order valence-electron chi connectivity index (χ3n) is 2.26. The van der Waals surface area contributed by atoms with Gasteiger partial charge in [0.15, 0.2) is 0 Å². The van der Waals surface area contributed by atoms with Gasteiger partial charge >= 0.3 is 0 Å². The monoisotopic (exact) mass is 257 g/mol. The molecule has 1 heterocycles. The summed E-state index contributed by atoms with van der Waals surface area (Å²) in [5.41, 5.74) is -0.763. The molecule has 5 nitrogen and oxygen atoms in total. The van der Waals surface area contributed by atoms with Gasteiger partial charge in [0, 0.05) is 6.54 Å². The van der Waals surface area contributed by atoms with Crippen LogP contribution in [0.1, 0.15) is 37.2 Å². The molecule has 0 aromatic carbocycles. The van der Waals surface area contributed by atoms with Crippen molar-refractivity contribution < 1.29 is 9.90 Å². The molecule has 0 spiro atoms. The highest BCUT2D eigenvalue weighted by atomic mass is 35.5. The normalized spacial score (nSPS) is 14.1. The summed E-state index contributed by atoms with van der Waals surface area (Å²) in [7, 11) is 0. The zero-order valence-corrected chi connectivity index (χ0v) is 10.7. The Hall–Kier alpha value is -1.20. The molecule has 94 valence electrons. The highest BCUT2D eigenvalue weighted by molar-refractivity contribution is 6.29. The molecule has 6 heteroatoms. The van der Waals surface area contributed by atoms with Crippen LogP contribution in [0.25, 0.3) is 0 Å². The highest BCUT2D eigenvalue weighted by Gasteiger charge is 2.20. The number of aliphatic hydroxyl groups is 1. The second kappa shape index (κ2) is 5.93. The number of nitrogens with one attached hydrogen (secondary N) is 1. The summed E-state index contributed by atoms with van der Waals surface area (Å²) in [6.07, 6.45) is 4.15. The highest BCUT2D eigenvalue weighted by Crippen LogP contribution is 2.10. The van der Waals surface area contributed by atoms with Crippen molar-refractivity contribution in [1.29, 1.82) is 0 Å². The molecular weight excluding hydrogens is 242 g/mol. The molecule has 0 bridgehead atoms. The fraction of sp³-hybridized carbons (Fsp3) is 0.545. The number of hydrogen-bond donors (Lipinski definition) is 2. The molecule has 0 aliphatic heterocycles. The maximum absolute atomic E-state index is 11.7. The molecule has 0 saturated heterocycles. The zero-order valence-electron chi connectivity index (χ0n) is 9.90. The summed E-state index contributed by atoms with van der Waals surface area (Å²) in [6.45, 7) is 3.83. The van der Waals surface area contributed by atoms with Gasteiger partial charge in [0.05, 0.1) is 18.0 Å². The van der Waals surface area contributed by atoms with Gasteiger partial charge in [0.25, 0.3) is 5.91 Å². The van der Waals surface area contributed by atoms with Crippen molar-refractivity contribution in [3.05, 3.63) is 23.2 Å². The van der Waals surface area contributed by atoms with Crippen LogP contribution in [0.2, 0.25) is 5.15 Å². The number of rotatable bonds is 5. The Morgan fingerprint density at radius 1 is 1.59 bits per heavy atom. The van der Waals surface area contributed by atoms with E-state index in [4.69, 9.17) is 11.6 Å². The molecule has 17 heavy (non-hydrogen) atoms. The van der Waals surface area contributed by atoms with E-state index in [9.17, 15) is 9.90 Å². The number of aromatic nitrogens is 2. The lowest BCUT2D eigenvalue weighted by Gasteiger charge is -2.22. The number of amides is 1. The average molecular weight is 258 g/mol. The van der Waals surface area contributed by atoms with Gasteiger partial charge in [0.2, 0.25) is 0 Å². The van der Waals surface area contributed by atoms with Crippen LogP contribution >= 0.6 is 11.6 Å². The van der Waals surface area contributed by atoms with Crippen molar-refractivity contribution in [1.82, 2.24) is 15.3 Å². The van der Waals surface area contributed by atoms with Gasteiger partial charge in [-0.25, -0.2) is 4.98 Å². The minimum absolute atomic E-state index is 0.143. The first-order chi connectivity index (χ1) is 7.94. The fourth-order valence-electron chi connectivity index (χ4n) is 1.44. The third kappa shape index (κ3) is 4.66. The van der Waals surface area contributed by atoms with Crippen molar-refractivity contribution in [3.63, 3.8) is 0 Å². The van der Waals surface area contributed by atoms with Crippen LogP contribution in [-0.2, 0) is 0 Å². The molecule has 0 aliphatic carbocycles. The first-order valence-electron chi connectivity index (χ1n) is 5.43. The van der Waals surface area contributed by atoms with Crippen LogP contribution < -0.4 is 5.32 Å². The van der Waals surface area contributed by atoms with E-state index >= 15 is 0 Å². The lowest BCUT2D eigenvalue weighted by molar-refractivity contribution is 0.0468. The third-order valence-corrected chi connectivity index (χ3v) is 2.44. The van der Waals surface area contributed by atoms with Gasteiger partial charge in [-0.2, -0.15) is 0 Å². The van der Waals surface area contributed by atoms with Crippen LogP contribution in [0.15, 0.2) is 12.4 Å². The Balaban J connectivity index is 2.56. The fourth-order valence-corrected chi connectivity index (χ4v) is 1.59. The summed E-state index contributed by atoms with van der Waals surface area (Å²) < 4.78 is 0. The maximum atomic E-state index is 11.7. The SMILES string of the molecule is CCCC(C)(O)CNC(=O)c1cncc(Cl)n1. The second-order valence-electron chi connectivity index (χ2n) is 4.16. The molecular formula is C11H16ClN3O2. The van der Waals surface area contributed by atoms with E-state index < -0.39 is 11.5 Å². The van der Waals surface area contributed by atoms with E-state index in [1.807, 2.05) is 6.92 Å². The molecule has 0 aliphatic rings. The second-order valence-corrected chi connectivity index (χ2v) is 4.54. The minimum Gasteiger partial charge on any atom is -0.388 e. The van der Waals surface area contributed by atoms with Crippen molar-refractivity contribution in [2.24, 2.45) is 0 Å². The van der Waals surface area contributed by atoms with Crippen LogP contribution in [0, 0.1) is 0 Å². The summed E-state index contributed by atoms with van der Waals surface area (Å²) in [5.74, 6) is -0.392. The molecule has 2 N–H and O–H groups in total. The Morgan fingerprint density at radius 2 is 2.29 bits per heavy atom. The Labute approximate surface area is 105 Å². The number of carbonyl (C=O) groups excluding carboxylic acids is 1. The van der Waals surface area contributed by atoms with E-state index in [1.165, 1.54) is 12.4 Å². The largest absolute Gasteiger partial charge is 0.388 e. The van der Waals surface area contributed by atoms with Crippen LogP contribution in [0.5, 0.6) is 0 Å². The number of halogens is 1. The maximum Gasteiger partial charge on any atom is 0.271 e. The Kier molecular flexibility index (Phi) is 4.84. The van der Waals surface area contributed by atoms with Crippen LogP contribution in [-0.4, -0.2) is 33.1 Å². The Morgan fingerprint density at radius 3 is 2.88 bits per heavy atom. The van der Waals surface area contributed by atoms with E-state index in [2.05, 4.69) is 15.3 Å². The minimum atomic E-state index is -0.906. The van der Waals surface area contributed by atoms with Crippen LogP contribution in [0.4, 0.5) is 0 Å². The summed E-state index contributed by atoms with van der Waals surface area (Å²) >= 11 is 5.63. The smallest absolute Gasteiger partial charge is 0.271 e. The number of nitrogens with zero attached hydrogens (tertiary/aromatic N) is 2. The molecule has 1 atom stereocenters. The molecule has 1 aromatic rings. The van der Waals surface area contributed by atoms with E-state index in [0.29, 0.717) is 6.42 Å². The molecule has 0 saturated carbocycles. The topological polar surface area (TPSA) is 75.1 Å². The van der Waals surface area contributed by atoms with E-state index in [1.54, 1.807) is 6.92 Å². The molecule has 1 aromatic heterocycles. The predicted molar refractivity (Wildman–Crippen MR) is 64.9 cm³/mol. The standard InChI is InChI=1S/C11H16ClN3O2/c1-3-4-11(2,17)7-14-10(16)8-5-13-6-9(12)15-8/h5-6,17H,3-4,7H2,1-2H3,(H,14,16). The zero-order chi connectivity index (χ0) is 12.9. The van der Waals surface area contributed by atoms with Gasteiger partial charge in [-0.3, -0.25) is 9.78 Å². The van der Waals surface area contributed by atoms with Gasteiger partial charge in [0.1, 0.15) is 10.8 Å². The molecule has 1 unspecified atom stereocenters. The van der Waals surface area contributed by atoms with E-state index in [0.717, 1.165) is 6.42 Å². The van der Waals surface area contributed by atoms with E-state index in [-0.39, 0.29) is 17.4 Å². The lowest BCUT2D eigenvalue weighted by atomic mass is 10.0. The lowest BCUT2D eigenvalue weighted by Crippen LogP contribution is -2.40. The molecule has 1 amide bonds. The average Bonchev–Trinajstić information content (AvgIpc) is 2.26. The van der Waals surface area contributed by atoms with Gasteiger partial charge in [-0.1, -0.05) is 24.9 Å². The van der Waals surface area contributed by atoms with Crippen molar-refractivity contribution in [3.8, 4) is 0 Å². The van der Waals surface area contributed by atoms with Gasteiger partial charge < -0.3 is 10.4 Å². The molecule has 1 rings (SSSR count). The molecule has 0 fully saturated rings. The first kappa shape index (κ1) is 13.9. The van der Waals surface area contributed by atoms with Crippen molar-refractivity contribution in [2.45, 2.75) is 32.3 Å².